The number of hydrogen-bond acceptors (Lipinski definition) is 16. The fourth-order valence-electron chi connectivity index (χ4n) is 10.9. The number of carboxylic acid groups (broad SMARTS) is 1. The Bertz CT molecular complexity index is 2850. The Kier molecular flexibility index (Phi) is 24.2. The standard InChI is InChI=1S/C58H86ClN8O15P/c1-37-14-13-17-49(78-10)58(74)34-48(81-56(73)63-58)38(2)44-33-57(44,4)50(32-52(69)65(7)46-29-40(28-37)30-47(77-9)54(46)59)82-55(72)39(3)66(8)83(75,76)27-26-80-25-24-79-23-21-61-35-42(18-19-53(70)71)62-51(68)20-22-67-43(36-64(6)60-5)31-41-15-11-12-16-45(41)67/h11-17,29-31,38-39,42,44,48-50,60-61,74H,18-28,32-36H2,1-10H3,(H,62,68)(H,63,73)(H,70,71)(H,75,76)/b17-13+,37-14+/t38-,39-,42-,44-,48-,49+,50-,57-,58-/m0/s1. The number of amides is 3. The predicted octanol–water partition coefficient (Wildman–Crippen LogP) is 5.63. The maximum atomic E-state index is 14.4. The van der Waals surface area contributed by atoms with Crippen molar-refractivity contribution < 1.29 is 72.1 Å². The van der Waals surface area contributed by atoms with Crippen LogP contribution in [0.2, 0.25) is 5.02 Å². The SMILES string of the molecule is CNN(C)Cc1cc2ccccc2n1CCC(=O)N[C@@H](CCC(=O)O)CNCCOCCOCCP(=O)(O)N(C)[C@@H](C)C(=O)O[C@H]1CC(=O)N(C)c2cc(cc(OC)c2Cl)C/C(C)=C/C=C/[C@@H](OC)[C@@]2(O)C[C@H](OC(=O)N2)[C@@H](C)[C@@H]2C[C@]12C. The van der Waals surface area contributed by atoms with Crippen molar-refractivity contribution in [2.24, 2.45) is 17.3 Å². The van der Waals surface area contributed by atoms with Crippen LogP contribution in [0.4, 0.5) is 10.5 Å². The Morgan fingerprint density at radius 3 is 2.47 bits per heavy atom. The van der Waals surface area contributed by atoms with Crippen LogP contribution in [0.1, 0.15) is 77.5 Å². The molecule has 0 radical (unpaired) electrons. The fraction of sp³-hybridized carbons (Fsp3) is 0.603. The van der Waals surface area contributed by atoms with E-state index in [1.807, 2.05) is 70.2 Å². The van der Waals surface area contributed by atoms with E-state index in [0.29, 0.717) is 50.5 Å². The number of hydrazine groups is 1. The number of hydrogen-bond donors (Lipinski definition) is 7. The highest BCUT2D eigenvalue weighted by atomic mass is 35.5. The molecular formula is C58H86ClN8O15P. The molecule has 3 heterocycles. The number of methoxy groups -OCH3 is 2. The van der Waals surface area contributed by atoms with Gasteiger partial charge in [0.25, 0.3) is 7.52 Å². The van der Waals surface area contributed by atoms with Crippen molar-refractivity contribution in [3.8, 4) is 5.75 Å². The van der Waals surface area contributed by atoms with Crippen LogP contribution in [0.3, 0.4) is 0 Å². The Balaban J connectivity index is 1.01. The summed E-state index contributed by atoms with van der Waals surface area (Å²) in [4.78, 5) is 79.0. The summed E-state index contributed by atoms with van der Waals surface area (Å²) in [5, 5.41) is 33.3. The molecule has 0 spiro atoms. The molecule has 4 bridgehead atoms. The number of halogens is 1. The van der Waals surface area contributed by atoms with E-state index < -0.39 is 78.9 Å². The lowest BCUT2D eigenvalue weighted by Gasteiger charge is -2.42. The van der Waals surface area contributed by atoms with Crippen LogP contribution in [0.15, 0.2) is 66.3 Å². The molecule has 1 unspecified atom stereocenters. The van der Waals surface area contributed by atoms with Crippen molar-refractivity contribution in [2.45, 2.75) is 122 Å². The minimum Gasteiger partial charge on any atom is -0.495 e. The number of likely N-dealkylation sites (N-methyl/N-ethyl adjacent to an activating group) is 1. The van der Waals surface area contributed by atoms with Gasteiger partial charge in [-0.15, -0.1) is 0 Å². The topological polar surface area (TPSA) is 281 Å². The number of ether oxygens (including phenoxy) is 6. The Labute approximate surface area is 491 Å². The lowest BCUT2D eigenvalue weighted by atomic mass is 9.83. The summed E-state index contributed by atoms with van der Waals surface area (Å²) in [6, 6.07) is 12.0. The number of nitrogens with one attached hydrogen (secondary N) is 4. The molecule has 25 heteroatoms. The number of anilines is 1. The summed E-state index contributed by atoms with van der Waals surface area (Å²) >= 11 is 6.85. The summed E-state index contributed by atoms with van der Waals surface area (Å²) in [7, 11) is 5.40. The Morgan fingerprint density at radius 2 is 1.77 bits per heavy atom. The summed E-state index contributed by atoms with van der Waals surface area (Å²) < 4.78 is 51.7. The summed E-state index contributed by atoms with van der Waals surface area (Å²) in [5.41, 5.74) is 4.54. The second-order valence-electron chi connectivity index (χ2n) is 22.3. The Morgan fingerprint density at radius 1 is 1.05 bits per heavy atom. The third kappa shape index (κ3) is 17.8. The minimum atomic E-state index is -4.20. The summed E-state index contributed by atoms with van der Waals surface area (Å²) in [5.74, 6) is -2.77. The molecule has 1 saturated heterocycles. The highest BCUT2D eigenvalue weighted by Gasteiger charge is 2.62. The number of rotatable bonds is 27. The number of para-hydroxylation sites is 1. The van der Waals surface area contributed by atoms with Gasteiger partial charge >= 0.3 is 18.0 Å². The van der Waals surface area contributed by atoms with Crippen LogP contribution >= 0.6 is 19.1 Å². The molecule has 6 rings (SSSR count). The average molecular weight is 1200 g/mol. The smallest absolute Gasteiger partial charge is 0.409 e. The number of aliphatic hydroxyl groups is 1. The zero-order valence-corrected chi connectivity index (χ0v) is 51.1. The van der Waals surface area contributed by atoms with Crippen molar-refractivity contribution >= 4 is 65.6 Å². The van der Waals surface area contributed by atoms with E-state index in [0.717, 1.165) is 32.4 Å². The van der Waals surface area contributed by atoms with Gasteiger partial charge in [-0.3, -0.25) is 34.5 Å². The first kappa shape index (κ1) is 66.7. The van der Waals surface area contributed by atoms with Crippen LogP contribution in [0, 0.1) is 17.3 Å². The molecule has 3 aromatic rings. The van der Waals surface area contributed by atoms with Crippen molar-refractivity contribution in [1.82, 2.24) is 35.6 Å². The molecule has 2 fully saturated rings. The number of aryl methyl sites for hydroxylation is 1. The number of alkyl carbamates (subject to hydrolysis) is 1. The molecule has 460 valence electrons. The molecule has 2 aliphatic heterocycles. The van der Waals surface area contributed by atoms with Crippen molar-refractivity contribution in [3.05, 3.63) is 82.5 Å². The number of carbonyl (C=O) groups is 5. The van der Waals surface area contributed by atoms with Gasteiger partial charge in [-0.05, 0) is 94.3 Å². The van der Waals surface area contributed by atoms with Crippen molar-refractivity contribution in [2.75, 3.05) is 93.0 Å². The number of allylic oxidation sites excluding steroid dienone is 3. The number of benzene rings is 2. The van der Waals surface area contributed by atoms with Gasteiger partial charge in [0.05, 0.1) is 58.4 Å². The molecule has 1 aliphatic carbocycles. The van der Waals surface area contributed by atoms with E-state index in [4.69, 9.17) is 40.0 Å². The summed E-state index contributed by atoms with van der Waals surface area (Å²) in [6.07, 6.45) is 2.13. The zero-order chi connectivity index (χ0) is 60.8. The lowest BCUT2D eigenvalue weighted by Crippen LogP contribution is -2.63. The van der Waals surface area contributed by atoms with Crippen LogP contribution < -0.4 is 31.0 Å². The van der Waals surface area contributed by atoms with E-state index in [-0.39, 0.29) is 81.5 Å². The molecule has 3 amide bonds. The zero-order valence-electron chi connectivity index (χ0n) is 49.5. The van der Waals surface area contributed by atoms with Gasteiger partial charge in [-0.1, -0.05) is 67.4 Å². The van der Waals surface area contributed by atoms with Crippen LogP contribution in [0.5, 0.6) is 5.75 Å². The highest BCUT2D eigenvalue weighted by molar-refractivity contribution is 7.55. The number of aliphatic carboxylic acids is 1. The van der Waals surface area contributed by atoms with Crippen LogP contribution in [0.25, 0.3) is 10.9 Å². The largest absolute Gasteiger partial charge is 0.495 e. The van der Waals surface area contributed by atoms with Crippen LogP contribution in [-0.4, -0.2) is 183 Å². The summed E-state index contributed by atoms with van der Waals surface area (Å²) in [6.45, 7) is 9.30. The minimum absolute atomic E-state index is 0.0363. The first-order chi connectivity index (χ1) is 39.3. The molecule has 2 aromatic carbocycles. The first-order valence-corrected chi connectivity index (χ1v) is 30.3. The number of fused-ring (bicyclic) bond motifs is 6. The molecule has 23 nitrogen and oxygen atoms in total. The number of aromatic nitrogens is 1. The monoisotopic (exact) mass is 1200 g/mol. The molecule has 7 N–H and O–H groups in total. The van der Waals surface area contributed by atoms with Gasteiger partial charge in [-0.25, -0.2) is 14.5 Å². The van der Waals surface area contributed by atoms with E-state index in [9.17, 15) is 43.6 Å². The molecule has 10 atom stereocenters. The van der Waals surface area contributed by atoms with E-state index in [1.165, 1.54) is 33.1 Å². The number of esters is 1. The van der Waals surface area contributed by atoms with Gasteiger partial charge in [0.15, 0.2) is 5.72 Å². The lowest BCUT2D eigenvalue weighted by molar-refractivity contribution is -0.159. The predicted molar refractivity (Wildman–Crippen MR) is 314 cm³/mol. The quantitative estimate of drug-likeness (QED) is 0.0211. The van der Waals surface area contributed by atoms with E-state index in [2.05, 4.69) is 32.0 Å². The fourth-order valence-corrected chi connectivity index (χ4v) is 12.6. The number of carbonyl (C=O) groups excluding carboxylic acids is 4. The second kappa shape index (κ2) is 30.1. The highest BCUT2D eigenvalue weighted by Crippen LogP contribution is 2.62. The van der Waals surface area contributed by atoms with Gasteiger partial charge in [0.2, 0.25) is 11.8 Å². The van der Waals surface area contributed by atoms with Gasteiger partial charge in [0.1, 0.15) is 35.1 Å². The maximum absolute atomic E-state index is 14.4. The normalized spacial score (nSPS) is 25.6. The molecule has 1 aromatic heterocycles. The first-order valence-electron chi connectivity index (χ1n) is 28.1. The Hall–Kier alpha value is -5.43. The third-order valence-electron chi connectivity index (χ3n) is 16.3. The second-order valence-corrected chi connectivity index (χ2v) is 25.0. The number of carboxylic acids is 1. The van der Waals surface area contributed by atoms with E-state index in [1.54, 1.807) is 31.3 Å². The van der Waals surface area contributed by atoms with Gasteiger partial charge in [0, 0.05) is 82.8 Å². The molecular weight excluding hydrogens is 1120 g/mol. The molecule has 1 saturated carbocycles. The van der Waals surface area contributed by atoms with Crippen molar-refractivity contribution in [3.63, 3.8) is 0 Å². The van der Waals surface area contributed by atoms with Gasteiger partial charge < -0.3 is 63.6 Å². The van der Waals surface area contributed by atoms with E-state index >= 15 is 0 Å². The third-order valence-corrected chi connectivity index (χ3v) is 18.8. The van der Waals surface area contributed by atoms with Crippen molar-refractivity contribution in [1.29, 1.82) is 0 Å². The molecule has 3 aliphatic rings. The maximum Gasteiger partial charge on any atom is 0.409 e. The average Bonchev–Trinajstić information content (AvgIpc) is 2.15. The van der Waals surface area contributed by atoms with Gasteiger partial charge in [-0.2, -0.15) is 0 Å². The molecule has 83 heavy (non-hydrogen) atoms. The van der Waals surface area contributed by atoms with Crippen LogP contribution in [-0.2, 0) is 66.9 Å². The number of nitrogens with zero attached hydrogens (tertiary/aromatic N) is 4.